The number of anilines is 1. The van der Waals surface area contributed by atoms with Gasteiger partial charge < -0.3 is 8.98 Å². The summed E-state index contributed by atoms with van der Waals surface area (Å²) in [7, 11) is 0. The molecule has 0 spiro atoms. The average molecular weight is 479 g/mol. The summed E-state index contributed by atoms with van der Waals surface area (Å²) in [6.07, 6.45) is 0. The third kappa shape index (κ3) is 2.68. The molecule has 174 valence electrons. The fourth-order valence-corrected chi connectivity index (χ4v) is 5.66. The lowest BCUT2D eigenvalue weighted by atomic mass is 10.1. The second-order valence-electron chi connectivity index (χ2n) is 9.33. The SMILES string of the molecule is O=C1c2ccccc2C(=O)N1c1cccc(-n2c3ccccc3c3cc4oc5ccccc5c4cc32)c1. The smallest absolute Gasteiger partial charge is 0.266 e. The molecule has 7 aromatic rings. The first-order chi connectivity index (χ1) is 18.2. The van der Waals surface area contributed by atoms with E-state index in [1.165, 1.54) is 4.90 Å². The lowest BCUT2D eigenvalue weighted by Crippen LogP contribution is -2.29. The summed E-state index contributed by atoms with van der Waals surface area (Å²) in [6, 6.07) is 35.1. The van der Waals surface area contributed by atoms with Crippen LogP contribution >= 0.6 is 0 Å². The Morgan fingerprint density at radius 1 is 0.486 bits per heavy atom. The molecule has 0 atom stereocenters. The van der Waals surface area contributed by atoms with E-state index < -0.39 is 0 Å². The van der Waals surface area contributed by atoms with Gasteiger partial charge in [0, 0.05) is 27.2 Å². The van der Waals surface area contributed by atoms with Crippen LogP contribution in [0.1, 0.15) is 20.7 Å². The van der Waals surface area contributed by atoms with Crippen LogP contribution in [0, 0.1) is 0 Å². The van der Waals surface area contributed by atoms with Gasteiger partial charge in [0.2, 0.25) is 0 Å². The number of para-hydroxylation sites is 2. The van der Waals surface area contributed by atoms with Gasteiger partial charge in [0.15, 0.2) is 0 Å². The normalized spacial score (nSPS) is 13.5. The predicted molar refractivity (Wildman–Crippen MR) is 146 cm³/mol. The highest BCUT2D eigenvalue weighted by atomic mass is 16.3. The Labute approximate surface area is 210 Å². The van der Waals surface area contributed by atoms with Gasteiger partial charge in [-0.15, -0.1) is 0 Å². The van der Waals surface area contributed by atoms with Crippen LogP contribution in [0.2, 0.25) is 0 Å². The molecule has 1 aliphatic heterocycles. The number of carbonyl (C=O) groups excluding carboxylic acids is 2. The predicted octanol–water partition coefficient (Wildman–Crippen LogP) is 7.48. The lowest BCUT2D eigenvalue weighted by molar-refractivity contribution is 0.0926. The standard InChI is InChI=1S/C32H18N2O3/c35-31-23-12-1-2-13-24(23)32(36)34(31)20-9-7-8-19(16-20)33-27-14-5-3-10-21(27)25-18-30-26(17-28(25)33)22-11-4-6-15-29(22)37-30/h1-18H. The van der Waals surface area contributed by atoms with E-state index in [2.05, 4.69) is 34.9 Å². The monoisotopic (exact) mass is 478 g/mol. The van der Waals surface area contributed by atoms with Crippen molar-refractivity contribution in [2.75, 3.05) is 4.90 Å². The van der Waals surface area contributed by atoms with Crippen molar-refractivity contribution in [1.82, 2.24) is 4.57 Å². The summed E-state index contributed by atoms with van der Waals surface area (Å²) >= 11 is 0. The summed E-state index contributed by atoms with van der Waals surface area (Å²) in [5.74, 6) is -0.599. The minimum absolute atomic E-state index is 0.299. The molecular formula is C32H18N2O3. The van der Waals surface area contributed by atoms with E-state index in [0.29, 0.717) is 16.8 Å². The van der Waals surface area contributed by atoms with Gasteiger partial charge in [0.1, 0.15) is 11.2 Å². The van der Waals surface area contributed by atoms with Gasteiger partial charge in [-0.25, -0.2) is 4.90 Å². The van der Waals surface area contributed by atoms with Gasteiger partial charge >= 0.3 is 0 Å². The number of aromatic nitrogens is 1. The van der Waals surface area contributed by atoms with Gasteiger partial charge in [-0.3, -0.25) is 9.59 Å². The maximum absolute atomic E-state index is 13.2. The summed E-state index contributed by atoms with van der Waals surface area (Å²) < 4.78 is 8.36. The maximum atomic E-state index is 13.2. The average Bonchev–Trinajstić information content (AvgIpc) is 3.55. The molecule has 0 N–H and O–H groups in total. The minimum Gasteiger partial charge on any atom is -0.456 e. The first-order valence-electron chi connectivity index (χ1n) is 12.1. The number of nitrogens with zero attached hydrogens (tertiary/aromatic N) is 2. The molecule has 0 fully saturated rings. The van der Waals surface area contributed by atoms with E-state index in [1.54, 1.807) is 30.3 Å². The summed E-state index contributed by atoms with van der Waals surface area (Å²) in [5, 5.41) is 4.29. The number of rotatable bonds is 2. The molecule has 3 heterocycles. The molecule has 0 aliphatic carbocycles. The van der Waals surface area contributed by atoms with Crippen molar-refractivity contribution < 1.29 is 14.0 Å². The van der Waals surface area contributed by atoms with Crippen LogP contribution < -0.4 is 4.90 Å². The first kappa shape index (κ1) is 20.1. The first-order valence-corrected chi connectivity index (χ1v) is 12.1. The highest BCUT2D eigenvalue weighted by Gasteiger charge is 2.36. The zero-order valence-corrected chi connectivity index (χ0v) is 19.5. The molecule has 0 saturated carbocycles. The molecule has 1 aliphatic rings. The topological polar surface area (TPSA) is 55.5 Å². The molecule has 0 unspecified atom stereocenters. The van der Waals surface area contributed by atoms with Crippen LogP contribution in [0.4, 0.5) is 5.69 Å². The van der Waals surface area contributed by atoms with Gasteiger partial charge in [0.25, 0.3) is 11.8 Å². The maximum Gasteiger partial charge on any atom is 0.266 e. The van der Waals surface area contributed by atoms with Gasteiger partial charge in [-0.1, -0.05) is 54.6 Å². The number of hydrogen-bond donors (Lipinski definition) is 0. The van der Waals surface area contributed by atoms with E-state index in [1.807, 2.05) is 48.5 Å². The molecule has 5 heteroatoms. The third-order valence-corrected chi connectivity index (χ3v) is 7.31. The molecule has 5 aromatic carbocycles. The summed E-state index contributed by atoms with van der Waals surface area (Å²) in [5.41, 5.74) is 6.05. The number of furan rings is 1. The molecule has 0 radical (unpaired) electrons. The Kier molecular flexibility index (Phi) is 3.90. The van der Waals surface area contributed by atoms with Crippen molar-refractivity contribution in [2.24, 2.45) is 0 Å². The largest absolute Gasteiger partial charge is 0.456 e. The Morgan fingerprint density at radius 2 is 1.16 bits per heavy atom. The Bertz CT molecular complexity index is 2060. The fraction of sp³-hybridized carbons (Fsp3) is 0. The number of fused-ring (bicyclic) bond motifs is 7. The van der Waals surface area contributed by atoms with Gasteiger partial charge in [0.05, 0.1) is 27.8 Å². The van der Waals surface area contributed by atoms with Crippen LogP contribution in [0.5, 0.6) is 0 Å². The molecule has 2 aromatic heterocycles. The zero-order chi connectivity index (χ0) is 24.7. The second-order valence-corrected chi connectivity index (χ2v) is 9.33. The van der Waals surface area contributed by atoms with Gasteiger partial charge in [-0.05, 0) is 54.6 Å². The van der Waals surface area contributed by atoms with E-state index in [-0.39, 0.29) is 11.8 Å². The Hall–Kier alpha value is -5.16. The van der Waals surface area contributed by atoms with Crippen molar-refractivity contribution in [3.63, 3.8) is 0 Å². The highest BCUT2D eigenvalue weighted by molar-refractivity contribution is 6.34. The molecule has 8 rings (SSSR count). The quantitative estimate of drug-likeness (QED) is 0.242. The van der Waals surface area contributed by atoms with Gasteiger partial charge in [-0.2, -0.15) is 0 Å². The number of benzene rings is 5. The van der Waals surface area contributed by atoms with Crippen molar-refractivity contribution >= 4 is 61.2 Å². The minimum atomic E-state index is -0.299. The molecule has 5 nitrogen and oxygen atoms in total. The summed E-state index contributed by atoms with van der Waals surface area (Å²) in [6.45, 7) is 0. The van der Waals surface area contributed by atoms with Crippen molar-refractivity contribution in [3.8, 4) is 5.69 Å². The van der Waals surface area contributed by atoms with E-state index >= 15 is 0 Å². The molecule has 2 amide bonds. The number of amides is 2. The van der Waals surface area contributed by atoms with Crippen molar-refractivity contribution in [2.45, 2.75) is 0 Å². The van der Waals surface area contributed by atoms with Crippen LogP contribution in [-0.4, -0.2) is 16.4 Å². The van der Waals surface area contributed by atoms with Crippen LogP contribution in [0.3, 0.4) is 0 Å². The third-order valence-electron chi connectivity index (χ3n) is 7.31. The van der Waals surface area contributed by atoms with E-state index in [4.69, 9.17) is 4.42 Å². The fourth-order valence-electron chi connectivity index (χ4n) is 5.66. The summed E-state index contributed by atoms with van der Waals surface area (Å²) in [4.78, 5) is 27.6. The number of hydrogen-bond acceptors (Lipinski definition) is 3. The van der Waals surface area contributed by atoms with Crippen LogP contribution in [0.15, 0.2) is 114 Å². The zero-order valence-electron chi connectivity index (χ0n) is 19.5. The molecule has 0 bridgehead atoms. The Balaban J connectivity index is 1.38. The van der Waals surface area contributed by atoms with Crippen LogP contribution in [-0.2, 0) is 0 Å². The number of carbonyl (C=O) groups is 2. The molecule has 37 heavy (non-hydrogen) atoms. The number of imide groups is 1. The van der Waals surface area contributed by atoms with Crippen molar-refractivity contribution in [3.05, 3.63) is 120 Å². The van der Waals surface area contributed by atoms with E-state index in [0.717, 1.165) is 49.4 Å². The lowest BCUT2D eigenvalue weighted by Gasteiger charge is -2.16. The van der Waals surface area contributed by atoms with Crippen LogP contribution in [0.25, 0.3) is 49.4 Å². The van der Waals surface area contributed by atoms with Crippen molar-refractivity contribution in [1.29, 1.82) is 0 Å². The second kappa shape index (κ2) is 7.18. The highest BCUT2D eigenvalue weighted by Crippen LogP contribution is 2.39. The molecular weight excluding hydrogens is 460 g/mol. The molecule has 0 saturated heterocycles. The van der Waals surface area contributed by atoms with E-state index in [9.17, 15) is 9.59 Å². The Morgan fingerprint density at radius 3 is 1.97 bits per heavy atom.